The number of halogens is 1. The molecule has 28 heavy (non-hydrogen) atoms. The molecular weight excluding hydrogens is 371 g/mol. The molecule has 1 aromatic heterocycles. The Labute approximate surface area is 167 Å². The van der Waals surface area contributed by atoms with Crippen LogP contribution in [0.3, 0.4) is 0 Å². The molecule has 2 fully saturated rings. The van der Waals surface area contributed by atoms with E-state index in [0.717, 1.165) is 60.0 Å². The van der Waals surface area contributed by atoms with Crippen LogP contribution in [-0.4, -0.2) is 47.9 Å². The van der Waals surface area contributed by atoms with Gasteiger partial charge in [-0.05, 0) is 37.1 Å². The Balaban J connectivity index is 1.48. The van der Waals surface area contributed by atoms with Gasteiger partial charge in [-0.25, -0.2) is 9.38 Å². The third-order valence-electron chi connectivity index (χ3n) is 5.93. The molecule has 3 heterocycles. The topological polar surface area (TPSA) is 30.9 Å². The van der Waals surface area contributed by atoms with E-state index in [0.29, 0.717) is 0 Å². The molecule has 0 unspecified atom stereocenters. The highest BCUT2D eigenvalue weighted by molar-refractivity contribution is 7.23. The van der Waals surface area contributed by atoms with Gasteiger partial charge in [-0.1, -0.05) is 18.2 Å². The van der Waals surface area contributed by atoms with Crippen molar-refractivity contribution in [3.63, 3.8) is 0 Å². The van der Waals surface area contributed by atoms with E-state index in [1.165, 1.54) is 29.0 Å². The maximum absolute atomic E-state index is 13.9. The molecule has 2 aromatic carbocycles. The number of anilines is 2. The van der Waals surface area contributed by atoms with Gasteiger partial charge in [0.1, 0.15) is 16.7 Å². The van der Waals surface area contributed by atoms with Crippen LogP contribution in [0, 0.1) is 5.82 Å². The Hall–Kier alpha value is -2.44. The molecule has 3 aliphatic rings. The van der Waals surface area contributed by atoms with Gasteiger partial charge in [0.05, 0.1) is 16.9 Å². The van der Waals surface area contributed by atoms with Gasteiger partial charge in [0.25, 0.3) is 0 Å². The van der Waals surface area contributed by atoms with Crippen LogP contribution >= 0.6 is 11.3 Å². The van der Waals surface area contributed by atoms with Gasteiger partial charge in [0.2, 0.25) is 0 Å². The summed E-state index contributed by atoms with van der Waals surface area (Å²) in [5, 5.41) is 5.73. The smallest absolute Gasteiger partial charge is 0.140 e. The molecule has 1 saturated carbocycles. The van der Waals surface area contributed by atoms with Gasteiger partial charge in [-0.15, -0.1) is 11.3 Å². The number of piperazine rings is 1. The SMILES string of the molecule is Fc1ccc2c(c1)Nc1sc3ccccc3c1C(N1CCN(C3CC3)CC1)=N2. The van der Waals surface area contributed by atoms with E-state index in [-0.39, 0.29) is 5.82 Å². The number of amidine groups is 1. The minimum atomic E-state index is -0.245. The summed E-state index contributed by atoms with van der Waals surface area (Å²) in [6.07, 6.45) is 2.70. The average molecular weight is 393 g/mol. The molecule has 0 spiro atoms. The molecule has 1 aliphatic carbocycles. The van der Waals surface area contributed by atoms with Crippen LogP contribution in [0.4, 0.5) is 20.8 Å². The molecule has 0 radical (unpaired) electrons. The van der Waals surface area contributed by atoms with E-state index in [9.17, 15) is 4.39 Å². The van der Waals surface area contributed by atoms with Crippen molar-refractivity contribution in [1.82, 2.24) is 9.80 Å². The molecule has 2 aliphatic heterocycles. The molecule has 0 atom stereocenters. The standard InChI is InChI=1S/C22H21FN4S/c23-14-5-8-17-18(13-14)25-22-20(16-3-1-2-4-19(16)28-22)21(24-17)27-11-9-26(10-12-27)15-6-7-15/h1-5,8,13,15,25H,6-7,9-12H2. The first-order valence-electron chi connectivity index (χ1n) is 9.92. The number of hydrogen-bond donors (Lipinski definition) is 1. The predicted octanol–water partition coefficient (Wildman–Crippen LogP) is 4.96. The molecular formula is C22H21FN4S. The Morgan fingerprint density at radius 1 is 1.04 bits per heavy atom. The minimum absolute atomic E-state index is 0.245. The highest BCUT2D eigenvalue weighted by atomic mass is 32.1. The van der Waals surface area contributed by atoms with Crippen molar-refractivity contribution in [2.24, 2.45) is 4.99 Å². The number of nitrogens with zero attached hydrogens (tertiary/aromatic N) is 3. The van der Waals surface area contributed by atoms with E-state index in [2.05, 4.69) is 39.4 Å². The van der Waals surface area contributed by atoms with Crippen molar-refractivity contribution in [3.8, 4) is 0 Å². The zero-order valence-corrected chi connectivity index (χ0v) is 16.3. The highest BCUT2D eigenvalue weighted by Crippen LogP contribution is 2.43. The number of nitrogens with one attached hydrogen (secondary N) is 1. The lowest BCUT2D eigenvalue weighted by Gasteiger charge is -2.36. The largest absolute Gasteiger partial charge is 0.353 e. The summed E-state index contributed by atoms with van der Waals surface area (Å²) < 4.78 is 15.1. The molecule has 0 bridgehead atoms. The number of hydrogen-bond acceptors (Lipinski definition) is 5. The van der Waals surface area contributed by atoms with Gasteiger partial charge in [-0.2, -0.15) is 0 Å². The van der Waals surface area contributed by atoms with Crippen LogP contribution in [0.15, 0.2) is 47.5 Å². The van der Waals surface area contributed by atoms with Gasteiger partial charge >= 0.3 is 0 Å². The van der Waals surface area contributed by atoms with E-state index >= 15 is 0 Å². The summed E-state index contributed by atoms with van der Waals surface area (Å²) in [6.45, 7) is 4.14. The van der Waals surface area contributed by atoms with Crippen molar-refractivity contribution < 1.29 is 4.39 Å². The summed E-state index contributed by atoms with van der Waals surface area (Å²) in [4.78, 5) is 10.1. The summed E-state index contributed by atoms with van der Waals surface area (Å²) in [6, 6.07) is 14.1. The minimum Gasteiger partial charge on any atom is -0.353 e. The predicted molar refractivity (Wildman–Crippen MR) is 114 cm³/mol. The first-order valence-corrected chi connectivity index (χ1v) is 10.7. The number of thiophene rings is 1. The maximum Gasteiger partial charge on any atom is 0.140 e. The third-order valence-corrected chi connectivity index (χ3v) is 7.02. The van der Waals surface area contributed by atoms with Gasteiger partial charge in [-0.3, -0.25) is 4.90 Å². The molecule has 6 heteroatoms. The Morgan fingerprint density at radius 2 is 1.86 bits per heavy atom. The Morgan fingerprint density at radius 3 is 2.68 bits per heavy atom. The maximum atomic E-state index is 13.9. The lowest BCUT2D eigenvalue weighted by molar-refractivity contribution is 0.175. The number of aliphatic imine (C=N–C) groups is 1. The normalized spacial score (nSPS) is 19.6. The van der Waals surface area contributed by atoms with Gasteiger partial charge < -0.3 is 10.2 Å². The highest BCUT2D eigenvalue weighted by Gasteiger charge is 2.33. The molecule has 4 nitrogen and oxygen atoms in total. The van der Waals surface area contributed by atoms with E-state index in [1.807, 2.05) is 0 Å². The lowest BCUT2D eigenvalue weighted by atomic mass is 10.1. The van der Waals surface area contributed by atoms with Crippen molar-refractivity contribution in [1.29, 1.82) is 0 Å². The van der Waals surface area contributed by atoms with E-state index < -0.39 is 0 Å². The second-order valence-electron chi connectivity index (χ2n) is 7.78. The van der Waals surface area contributed by atoms with Crippen LogP contribution in [0.2, 0.25) is 0 Å². The monoisotopic (exact) mass is 392 g/mol. The summed E-state index contributed by atoms with van der Waals surface area (Å²) in [5.41, 5.74) is 2.69. The first-order chi connectivity index (χ1) is 13.8. The van der Waals surface area contributed by atoms with Gasteiger partial charge in [0, 0.05) is 42.3 Å². The van der Waals surface area contributed by atoms with Gasteiger partial charge in [0.15, 0.2) is 0 Å². The zero-order valence-electron chi connectivity index (χ0n) is 15.5. The van der Waals surface area contributed by atoms with E-state index in [1.54, 1.807) is 23.5 Å². The number of benzene rings is 2. The molecule has 3 aromatic rings. The van der Waals surface area contributed by atoms with Crippen molar-refractivity contribution in [2.75, 3.05) is 31.5 Å². The summed E-state index contributed by atoms with van der Waals surface area (Å²) in [7, 11) is 0. The number of rotatable bonds is 1. The fourth-order valence-corrected chi connectivity index (χ4v) is 5.43. The summed E-state index contributed by atoms with van der Waals surface area (Å²) >= 11 is 1.71. The Bertz CT molecular complexity index is 1090. The second kappa shape index (κ2) is 6.29. The van der Waals surface area contributed by atoms with Crippen LogP contribution in [0.25, 0.3) is 10.1 Å². The Kier molecular flexibility index (Phi) is 3.71. The van der Waals surface area contributed by atoms with Crippen LogP contribution < -0.4 is 5.32 Å². The second-order valence-corrected chi connectivity index (χ2v) is 8.83. The third kappa shape index (κ3) is 2.71. The fraction of sp³-hybridized carbons (Fsp3) is 0.318. The van der Waals surface area contributed by atoms with Crippen LogP contribution in [0.5, 0.6) is 0 Å². The molecule has 1 saturated heterocycles. The van der Waals surface area contributed by atoms with Crippen molar-refractivity contribution in [2.45, 2.75) is 18.9 Å². The fourth-order valence-electron chi connectivity index (χ4n) is 4.32. The molecule has 0 amide bonds. The number of fused-ring (bicyclic) bond motifs is 4. The lowest BCUT2D eigenvalue weighted by Crippen LogP contribution is -2.49. The molecule has 1 N–H and O–H groups in total. The average Bonchev–Trinajstić information content (AvgIpc) is 3.51. The summed E-state index contributed by atoms with van der Waals surface area (Å²) in [5.74, 6) is 0.770. The quantitative estimate of drug-likeness (QED) is 0.635. The first kappa shape index (κ1) is 16.5. The van der Waals surface area contributed by atoms with Crippen molar-refractivity contribution in [3.05, 3.63) is 53.8 Å². The zero-order chi connectivity index (χ0) is 18.7. The van der Waals surface area contributed by atoms with Crippen LogP contribution in [-0.2, 0) is 0 Å². The van der Waals surface area contributed by atoms with Crippen LogP contribution in [0.1, 0.15) is 18.4 Å². The molecule has 6 rings (SSSR count). The van der Waals surface area contributed by atoms with E-state index in [4.69, 9.17) is 4.99 Å². The molecule has 142 valence electrons. The van der Waals surface area contributed by atoms with Crippen molar-refractivity contribution >= 4 is 43.6 Å².